The summed E-state index contributed by atoms with van der Waals surface area (Å²) in [7, 11) is 3.92. The van der Waals surface area contributed by atoms with Gasteiger partial charge in [0.25, 0.3) is 5.91 Å². The number of rotatable bonds is 7. The highest BCUT2D eigenvalue weighted by atomic mass is 19.1. The van der Waals surface area contributed by atoms with Crippen LogP contribution < -0.4 is 10.2 Å². The fourth-order valence-electron chi connectivity index (χ4n) is 3.40. The van der Waals surface area contributed by atoms with Gasteiger partial charge in [0.2, 0.25) is 0 Å². The van der Waals surface area contributed by atoms with Crippen molar-refractivity contribution in [1.82, 2.24) is 20.1 Å². The molecule has 1 N–H and O–H groups in total. The molecule has 0 unspecified atom stereocenters. The van der Waals surface area contributed by atoms with Crippen molar-refractivity contribution < 1.29 is 9.18 Å². The fraction of sp³-hybridized carbons (Fsp3) is 0.160. The van der Waals surface area contributed by atoms with Gasteiger partial charge in [-0.1, -0.05) is 0 Å². The number of hydrogen-bond donors (Lipinski definition) is 1. The molecule has 0 aliphatic heterocycles. The summed E-state index contributed by atoms with van der Waals surface area (Å²) in [6.07, 6.45) is 5.39. The van der Waals surface area contributed by atoms with E-state index in [2.05, 4.69) is 10.3 Å². The molecule has 0 spiro atoms. The highest BCUT2D eigenvalue weighted by Crippen LogP contribution is 2.30. The molecule has 162 valence electrons. The number of hydrogen-bond acceptors (Lipinski definition) is 4. The Morgan fingerprint density at radius 2 is 1.66 bits per heavy atom. The monoisotopic (exact) mass is 429 g/mol. The van der Waals surface area contributed by atoms with Crippen molar-refractivity contribution in [3.63, 3.8) is 0 Å². The van der Waals surface area contributed by atoms with E-state index in [0.717, 1.165) is 28.1 Å². The number of carbonyl (C=O) groups is 1. The molecular formula is C25H24FN5O. The zero-order valence-corrected chi connectivity index (χ0v) is 18.0. The Kier molecular flexibility index (Phi) is 6.26. The highest BCUT2D eigenvalue weighted by Gasteiger charge is 2.14. The van der Waals surface area contributed by atoms with Crippen LogP contribution in [-0.2, 0) is 6.54 Å². The van der Waals surface area contributed by atoms with Crippen LogP contribution in [0.4, 0.5) is 10.1 Å². The lowest BCUT2D eigenvalue weighted by Gasteiger charge is -2.12. The number of nitrogens with one attached hydrogen (secondary N) is 1. The lowest BCUT2D eigenvalue weighted by Crippen LogP contribution is -2.27. The summed E-state index contributed by atoms with van der Waals surface area (Å²) in [6, 6.07) is 17.5. The first-order chi connectivity index (χ1) is 15.5. The van der Waals surface area contributed by atoms with Crippen molar-refractivity contribution in [3.05, 3.63) is 90.6 Å². The van der Waals surface area contributed by atoms with Crippen molar-refractivity contribution in [3.8, 4) is 22.4 Å². The molecule has 1 amide bonds. The molecule has 32 heavy (non-hydrogen) atoms. The van der Waals surface area contributed by atoms with Gasteiger partial charge in [-0.3, -0.25) is 14.5 Å². The van der Waals surface area contributed by atoms with Crippen LogP contribution in [0.5, 0.6) is 0 Å². The van der Waals surface area contributed by atoms with Gasteiger partial charge < -0.3 is 10.2 Å². The summed E-state index contributed by atoms with van der Waals surface area (Å²) in [5.74, 6) is -0.421. The molecule has 6 nitrogen and oxygen atoms in total. The van der Waals surface area contributed by atoms with Gasteiger partial charge in [-0.25, -0.2) is 4.39 Å². The molecule has 4 rings (SSSR count). The predicted molar refractivity (Wildman–Crippen MR) is 124 cm³/mol. The van der Waals surface area contributed by atoms with E-state index in [9.17, 15) is 9.18 Å². The van der Waals surface area contributed by atoms with Gasteiger partial charge in [0, 0.05) is 61.6 Å². The minimum atomic E-state index is -0.292. The second-order valence-electron chi connectivity index (χ2n) is 7.59. The average Bonchev–Trinajstić information content (AvgIpc) is 3.24. The number of nitrogens with zero attached hydrogens (tertiary/aromatic N) is 4. The summed E-state index contributed by atoms with van der Waals surface area (Å²) in [4.78, 5) is 18.5. The normalized spacial score (nSPS) is 10.7. The number of halogens is 1. The van der Waals surface area contributed by atoms with Gasteiger partial charge in [0.15, 0.2) is 0 Å². The van der Waals surface area contributed by atoms with Gasteiger partial charge in [-0.05, 0) is 66.2 Å². The third-order valence-corrected chi connectivity index (χ3v) is 5.14. The van der Waals surface area contributed by atoms with Gasteiger partial charge in [-0.15, -0.1) is 0 Å². The highest BCUT2D eigenvalue weighted by molar-refractivity contribution is 5.94. The Morgan fingerprint density at radius 3 is 2.31 bits per heavy atom. The zero-order chi connectivity index (χ0) is 22.5. The smallest absolute Gasteiger partial charge is 0.251 e. The second kappa shape index (κ2) is 9.43. The average molecular weight is 429 g/mol. The van der Waals surface area contributed by atoms with E-state index in [4.69, 9.17) is 5.10 Å². The summed E-state index contributed by atoms with van der Waals surface area (Å²) < 4.78 is 15.2. The number of benzene rings is 2. The fourth-order valence-corrected chi connectivity index (χ4v) is 3.40. The third kappa shape index (κ3) is 4.83. The number of amides is 1. The molecule has 4 aromatic rings. The maximum Gasteiger partial charge on any atom is 0.251 e. The molecule has 0 bridgehead atoms. The quantitative estimate of drug-likeness (QED) is 0.477. The second-order valence-corrected chi connectivity index (χ2v) is 7.59. The lowest BCUT2D eigenvalue weighted by molar-refractivity contribution is 0.0952. The van der Waals surface area contributed by atoms with E-state index in [1.165, 1.54) is 12.1 Å². The first-order valence-corrected chi connectivity index (χ1v) is 10.3. The molecule has 2 aromatic heterocycles. The largest absolute Gasteiger partial charge is 0.378 e. The molecule has 0 radical (unpaired) electrons. The van der Waals surface area contributed by atoms with Crippen molar-refractivity contribution in [1.29, 1.82) is 0 Å². The van der Waals surface area contributed by atoms with Crippen molar-refractivity contribution in [2.75, 3.05) is 25.5 Å². The van der Waals surface area contributed by atoms with Gasteiger partial charge in [0.05, 0.1) is 6.54 Å². The Balaban J connectivity index is 1.49. The Bertz CT molecular complexity index is 1190. The SMILES string of the molecule is CN(C)c1ccc(C(=O)NCCn2cc(-c3ccncc3)c(-c3ccc(F)cc3)n2)cc1. The zero-order valence-electron chi connectivity index (χ0n) is 18.0. The lowest BCUT2D eigenvalue weighted by atomic mass is 10.0. The molecule has 0 saturated heterocycles. The topological polar surface area (TPSA) is 63.1 Å². The van der Waals surface area contributed by atoms with Crippen LogP contribution in [0.1, 0.15) is 10.4 Å². The number of carbonyl (C=O) groups excluding carboxylic acids is 1. The summed E-state index contributed by atoms with van der Waals surface area (Å²) >= 11 is 0. The van der Waals surface area contributed by atoms with E-state index in [-0.39, 0.29) is 11.7 Å². The molecule has 0 fully saturated rings. The third-order valence-electron chi connectivity index (χ3n) is 5.14. The van der Waals surface area contributed by atoms with Crippen molar-refractivity contribution >= 4 is 11.6 Å². The van der Waals surface area contributed by atoms with Gasteiger partial charge in [-0.2, -0.15) is 5.10 Å². The van der Waals surface area contributed by atoms with Crippen LogP contribution in [0.25, 0.3) is 22.4 Å². The number of anilines is 1. The van der Waals surface area contributed by atoms with Crippen molar-refractivity contribution in [2.24, 2.45) is 0 Å². The number of pyridine rings is 1. The van der Waals surface area contributed by atoms with Gasteiger partial charge in [0.1, 0.15) is 11.5 Å². The summed E-state index contributed by atoms with van der Waals surface area (Å²) in [6.45, 7) is 0.926. The van der Waals surface area contributed by atoms with E-state index >= 15 is 0 Å². The van der Waals surface area contributed by atoms with Crippen LogP contribution in [0.15, 0.2) is 79.3 Å². The maximum absolute atomic E-state index is 13.4. The molecule has 0 atom stereocenters. The molecule has 0 aliphatic carbocycles. The first kappa shape index (κ1) is 21.2. The maximum atomic E-state index is 13.4. The van der Waals surface area contributed by atoms with Crippen LogP contribution in [0.3, 0.4) is 0 Å². The molecule has 2 heterocycles. The van der Waals surface area contributed by atoms with Crippen LogP contribution in [0.2, 0.25) is 0 Å². The van der Waals surface area contributed by atoms with Crippen LogP contribution in [0, 0.1) is 5.82 Å². The molecule has 0 saturated carbocycles. The Labute approximate surface area is 186 Å². The minimum Gasteiger partial charge on any atom is -0.378 e. The predicted octanol–water partition coefficient (Wildman–Crippen LogP) is 4.25. The standard InChI is InChI=1S/C25H24FN5O/c1-30(2)22-9-5-20(6-10-22)25(32)28-15-16-31-17-23(18-11-13-27-14-12-18)24(29-31)19-3-7-21(26)8-4-19/h3-14,17H,15-16H2,1-2H3,(H,28,32). The molecule has 0 aliphatic rings. The molecule has 2 aromatic carbocycles. The summed E-state index contributed by atoms with van der Waals surface area (Å²) in [5.41, 5.74) is 5.11. The Hall–Kier alpha value is -4.00. The summed E-state index contributed by atoms with van der Waals surface area (Å²) in [5, 5.41) is 7.64. The van der Waals surface area contributed by atoms with E-state index < -0.39 is 0 Å². The number of aromatic nitrogens is 3. The van der Waals surface area contributed by atoms with E-state index in [1.54, 1.807) is 29.2 Å². The van der Waals surface area contributed by atoms with Crippen LogP contribution in [-0.4, -0.2) is 41.3 Å². The van der Waals surface area contributed by atoms with Crippen molar-refractivity contribution in [2.45, 2.75) is 6.54 Å². The van der Waals surface area contributed by atoms with E-state index in [1.807, 2.05) is 61.6 Å². The van der Waals surface area contributed by atoms with Crippen LogP contribution >= 0.6 is 0 Å². The minimum absolute atomic E-state index is 0.129. The first-order valence-electron chi connectivity index (χ1n) is 10.3. The van der Waals surface area contributed by atoms with E-state index in [0.29, 0.717) is 18.7 Å². The molecule has 7 heteroatoms. The van der Waals surface area contributed by atoms with Gasteiger partial charge >= 0.3 is 0 Å². The Morgan fingerprint density at radius 1 is 0.969 bits per heavy atom. The molecular weight excluding hydrogens is 405 g/mol.